The van der Waals surface area contributed by atoms with Crippen LogP contribution in [-0.4, -0.2) is 35.3 Å². The van der Waals surface area contributed by atoms with Gasteiger partial charge >= 0.3 is 0 Å². The van der Waals surface area contributed by atoms with Crippen molar-refractivity contribution in [3.05, 3.63) is 42.1 Å². The van der Waals surface area contributed by atoms with Crippen molar-refractivity contribution in [3.63, 3.8) is 0 Å². The van der Waals surface area contributed by atoms with Gasteiger partial charge in [-0.05, 0) is 23.8 Å². The Bertz CT molecular complexity index is 767. The number of rotatable bonds is 7. The highest BCUT2D eigenvalue weighted by molar-refractivity contribution is 6.01. The van der Waals surface area contributed by atoms with Crippen molar-refractivity contribution in [2.45, 2.75) is 0 Å². The van der Waals surface area contributed by atoms with Crippen LogP contribution in [0.25, 0.3) is 6.08 Å². The molecule has 0 fully saturated rings. The van der Waals surface area contributed by atoms with Gasteiger partial charge in [0.15, 0.2) is 23.9 Å². The van der Waals surface area contributed by atoms with Gasteiger partial charge in [-0.3, -0.25) is 14.3 Å². The number of hydrogen-bond acceptors (Lipinski definition) is 5. The van der Waals surface area contributed by atoms with Crippen molar-refractivity contribution in [1.29, 1.82) is 0 Å². The molecule has 2 aromatic rings. The van der Waals surface area contributed by atoms with E-state index < -0.39 is 5.91 Å². The van der Waals surface area contributed by atoms with Crippen LogP contribution in [0.2, 0.25) is 0 Å². The van der Waals surface area contributed by atoms with E-state index in [1.165, 1.54) is 13.2 Å². The summed E-state index contributed by atoms with van der Waals surface area (Å²) < 4.78 is 12.0. The zero-order valence-corrected chi connectivity index (χ0v) is 13.4. The molecule has 126 valence electrons. The van der Waals surface area contributed by atoms with E-state index in [1.54, 1.807) is 48.3 Å². The molecular weight excluding hydrogens is 312 g/mol. The molecule has 3 N–H and O–H groups in total. The summed E-state index contributed by atoms with van der Waals surface area (Å²) in [6, 6.07) is 6.74. The normalized spacial score (nSPS) is 10.6. The van der Waals surface area contributed by atoms with Gasteiger partial charge in [0, 0.05) is 25.4 Å². The molecular formula is C16H18N4O4. The minimum absolute atomic E-state index is 0.238. The van der Waals surface area contributed by atoms with Crippen molar-refractivity contribution < 1.29 is 19.1 Å². The zero-order chi connectivity index (χ0) is 17.5. The minimum atomic E-state index is -0.577. The molecule has 0 unspecified atom stereocenters. The van der Waals surface area contributed by atoms with Gasteiger partial charge in [0.25, 0.3) is 5.91 Å². The van der Waals surface area contributed by atoms with Gasteiger partial charge in [-0.25, -0.2) is 0 Å². The molecule has 8 nitrogen and oxygen atoms in total. The van der Waals surface area contributed by atoms with E-state index in [1.807, 2.05) is 0 Å². The first kappa shape index (κ1) is 17.1. The summed E-state index contributed by atoms with van der Waals surface area (Å²) in [4.78, 5) is 22.6. The molecule has 0 radical (unpaired) electrons. The van der Waals surface area contributed by atoms with Gasteiger partial charge in [0.05, 0.1) is 7.11 Å². The van der Waals surface area contributed by atoms with E-state index in [9.17, 15) is 9.59 Å². The highest BCUT2D eigenvalue weighted by atomic mass is 16.5. The van der Waals surface area contributed by atoms with E-state index in [4.69, 9.17) is 15.2 Å². The number of amides is 2. The Morgan fingerprint density at radius 3 is 2.75 bits per heavy atom. The van der Waals surface area contributed by atoms with E-state index in [-0.39, 0.29) is 12.5 Å². The number of nitrogens with two attached hydrogens (primary N) is 1. The van der Waals surface area contributed by atoms with Crippen LogP contribution in [-0.2, 0) is 16.6 Å². The summed E-state index contributed by atoms with van der Waals surface area (Å²) in [6.07, 6.45) is 4.74. The van der Waals surface area contributed by atoms with Gasteiger partial charge in [-0.1, -0.05) is 6.07 Å². The molecule has 1 heterocycles. The number of primary amides is 1. The second-order valence-corrected chi connectivity index (χ2v) is 4.86. The van der Waals surface area contributed by atoms with Crippen LogP contribution in [0, 0.1) is 0 Å². The lowest BCUT2D eigenvalue weighted by atomic mass is 10.2. The monoisotopic (exact) mass is 330 g/mol. The number of ether oxygens (including phenoxy) is 2. The molecule has 2 rings (SSSR count). The van der Waals surface area contributed by atoms with Crippen molar-refractivity contribution in [2.24, 2.45) is 12.8 Å². The van der Waals surface area contributed by atoms with E-state index in [0.717, 1.165) is 5.56 Å². The maximum Gasteiger partial charge on any atom is 0.255 e. The first-order chi connectivity index (χ1) is 11.5. The fraction of sp³-hybridized carbons (Fsp3) is 0.188. The van der Waals surface area contributed by atoms with Gasteiger partial charge < -0.3 is 20.5 Å². The summed E-state index contributed by atoms with van der Waals surface area (Å²) in [5.41, 5.74) is 5.77. The number of nitrogens with zero attached hydrogens (tertiary/aromatic N) is 2. The Morgan fingerprint density at radius 2 is 2.12 bits per heavy atom. The number of aromatic nitrogens is 2. The summed E-state index contributed by atoms with van der Waals surface area (Å²) >= 11 is 0. The van der Waals surface area contributed by atoms with Gasteiger partial charge in [-0.15, -0.1) is 0 Å². The van der Waals surface area contributed by atoms with Crippen LogP contribution >= 0.6 is 0 Å². The van der Waals surface area contributed by atoms with Crippen LogP contribution < -0.4 is 20.5 Å². The largest absolute Gasteiger partial charge is 0.493 e. The van der Waals surface area contributed by atoms with Crippen LogP contribution in [0.15, 0.2) is 36.5 Å². The van der Waals surface area contributed by atoms with Crippen molar-refractivity contribution in [2.75, 3.05) is 19.0 Å². The molecule has 0 aliphatic rings. The molecule has 0 aliphatic heterocycles. The molecule has 0 aliphatic carbocycles. The fourth-order valence-corrected chi connectivity index (χ4v) is 1.88. The Kier molecular flexibility index (Phi) is 5.56. The molecule has 1 aromatic carbocycles. The number of aryl methyl sites for hydroxylation is 1. The Hall–Kier alpha value is -3.29. The molecule has 0 bridgehead atoms. The molecule has 8 heteroatoms. The van der Waals surface area contributed by atoms with E-state index >= 15 is 0 Å². The fourth-order valence-electron chi connectivity index (χ4n) is 1.88. The van der Waals surface area contributed by atoms with Gasteiger partial charge in [-0.2, -0.15) is 5.10 Å². The predicted octanol–water partition coefficient (Wildman–Crippen LogP) is 0.945. The van der Waals surface area contributed by atoms with Crippen LogP contribution in [0.3, 0.4) is 0 Å². The summed E-state index contributed by atoms with van der Waals surface area (Å²) in [6.45, 7) is -0.238. The van der Waals surface area contributed by atoms with Crippen LogP contribution in [0.4, 0.5) is 5.82 Å². The predicted molar refractivity (Wildman–Crippen MR) is 88.6 cm³/mol. The molecule has 1 aromatic heterocycles. The maximum absolute atomic E-state index is 11.8. The standard InChI is InChI=1S/C16H18N4O4/c1-20-8-7-15(19-20)18-16(22)6-4-11-3-5-12(13(9-11)23-2)24-10-14(17)21/h3-9H,10H2,1-2H3,(H2,17,21)(H,18,19,22)/b6-4+. The molecule has 0 saturated heterocycles. The highest BCUT2D eigenvalue weighted by Gasteiger charge is 2.07. The molecule has 0 atom stereocenters. The van der Waals surface area contributed by atoms with Crippen LogP contribution in [0.1, 0.15) is 5.56 Å². The number of anilines is 1. The Balaban J connectivity index is 2.03. The minimum Gasteiger partial charge on any atom is -0.493 e. The average Bonchev–Trinajstić information content (AvgIpc) is 2.96. The SMILES string of the molecule is COc1cc(/C=C/C(=O)Nc2ccn(C)n2)ccc1OCC(N)=O. The third-order valence-corrected chi connectivity index (χ3v) is 2.95. The smallest absolute Gasteiger partial charge is 0.255 e. The lowest BCUT2D eigenvalue weighted by Gasteiger charge is -2.09. The average molecular weight is 330 g/mol. The first-order valence-corrected chi connectivity index (χ1v) is 7.06. The molecule has 0 spiro atoms. The molecule has 2 amide bonds. The van der Waals surface area contributed by atoms with Crippen LogP contribution in [0.5, 0.6) is 11.5 Å². The second kappa shape index (κ2) is 7.82. The number of nitrogens with one attached hydrogen (secondary N) is 1. The lowest BCUT2D eigenvalue weighted by molar-refractivity contribution is -0.120. The number of carbonyl (C=O) groups excluding carboxylic acids is 2. The maximum atomic E-state index is 11.8. The number of hydrogen-bond donors (Lipinski definition) is 2. The number of carbonyl (C=O) groups is 2. The summed E-state index contributed by atoms with van der Waals surface area (Å²) in [5.74, 6) is 0.420. The Labute approximate surface area is 138 Å². The van der Waals surface area contributed by atoms with E-state index in [2.05, 4.69) is 10.4 Å². The van der Waals surface area contributed by atoms with Crippen molar-refractivity contribution in [3.8, 4) is 11.5 Å². The molecule has 24 heavy (non-hydrogen) atoms. The Morgan fingerprint density at radius 1 is 1.33 bits per heavy atom. The summed E-state index contributed by atoms with van der Waals surface area (Å²) in [5, 5.41) is 6.70. The van der Waals surface area contributed by atoms with Crippen molar-refractivity contribution in [1.82, 2.24) is 9.78 Å². The molecule has 0 saturated carbocycles. The third kappa shape index (κ3) is 4.87. The first-order valence-electron chi connectivity index (χ1n) is 7.06. The summed E-state index contributed by atoms with van der Waals surface area (Å²) in [7, 11) is 3.24. The zero-order valence-electron chi connectivity index (χ0n) is 13.4. The highest BCUT2D eigenvalue weighted by Crippen LogP contribution is 2.28. The van der Waals surface area contributed by atoms with E-state index in [0.29, 0.717) is 17.3 Å². The number of benzene rings is 1. The second-order valence-electron chi connectivity index (χ2n) is 4.86. The topological polar surface area (TPSA) is 108 Å². The number of methoxy groups -OCH3 is 1. The lowest BCUT2D eigenvalue weighted by Crippen LogP contribution is -2.20. The quantitative estimate of drug-likeness (QED) is 0.735. The third-order valence-electron chi connectivity index (χ3n) is 2.95. The van der Waals surface area contributed by atoms with Gasteiger partial charge in [0.1, 0.15) is 0 Å². The van der Waals surface area contributed by atoms with Crippen molar-refractivity contribution >= 4 is 23.7 Å². The van der Waals surface area contributed by atoms with Gasteiger partial charge in [0.2, 0.25) is 5.91 Å².